The number of piperazine rings is 1. The Morgan fingerprint density at radius 3 is 2.96 bits per heavy atom. The summed E-state index contributed by atoms with van der Waals surface area (Å²) in [4.78, 5) is 28.3. The number of carbonyl (C=O) groups excluding carboxylic acids is 2. The van der Waals surface area contributed by atoms with E-state index in [1.807, 2.05) is 17.5 Å². The van der Waals surface area contributed by atoms with E-state index in [0.29, 0.717) is 24.6 Å². The summed E-state index contributed by atoms with van der Waals surface area (Å²) >= 11 is 1.53. The number of nitrogens with zero attached hydrogens (tertiary/aromatic N) is 2. The minimum Gasteiger partial charge on any atom is -0.355 e. The molecule has 2 amide bonds. The molecule has 0 bridgehead atoms. The van der Waals surface area contributed by atoms with Crippen molar-refractivity contribution in [2.45, 2.75) is 52.1 Å². The summed E-state index contributed by atoms with van der Waals surface area (Å²) in [5.74, 6) is 0.579. The molecule has 0 saturated carbocycles. The molecule has 1 aliphatic rings. The van der Waals surface area contributed by atoms with Gasteiger partial charge in [-0.1, -0.05) is 38.4 Å². The first-order valence-corrected chi connectivity index (χ1v) is 9.99. The van der Waals surface area contributed by atoms with Crippen LogP contribution in [0.25, 0.3) is 10.6 Å². The molecule has 7 heteroatoms. The van der Waals surface area contributed by atoms with E-state index in [-0.39, 0.29) is 23.6 Å². The van der Waals surface area contributed by atoms with Crippen LogP contribution in [0, 0.1) is 5.92 Å². The Balaban J connectivity index is 1.84. The highest BCUT2D eigenvalue weighted by molar-refractivity contribution is 7.13. The van der Waals surface area contributed by atoms with Gasteiger partial charge < -0.3 is 14.7 Å². The number of thiophene rings is 1. The topological polar surface area (TPSA) is 75.4 Å². The van der Waals surface area contributed by atoms with Crippen LogP contribution in [0.3, 0.4) is 0 Å². The molecule has 1 fully saturated rings. The highest BCUT2D eigenvalue weighted by atomic mass is 32.1. The van der Waals surface area contributed by atoms with Crippen molar-refractivity contribution in [2.75, 3.05) is 6.54 Å². The van der Waals surface area contributed by atoms with Crippen molar-refractivity contribution in [1.29, 1.82) is 0 Å². The summed E-state index contributed by atoms with van der Waals surface area (Å²) < 4.78 is 5.35. The average Bonchev–Trinajstić information content (AvgIpc) is 3.27. The van der Waals surface area contributed by atoms with E-state index < -0.39 is 6.04 Å². The Hall–Kier alpha value is -2.15. The van der Waals surface area contributed by atoms with Gasteiger partial charge in [0.15, 0.2) is 11.5 Å². The Labute approximate surface area is 157 Å². The molecule has 0 aliphatic carbocycles. The van der Waals surface area contributed by atoms with E-state index in [1.165, 1.54) is 11.3 Å². The minimum absolute atomic E-state index is 0.0106. The van der Waals surface area contributed by atoms with Gasteiger partial charge in [-0.05, 0) is 30.2 Å². The zero-order valence-corrected chi connectivity index (χ0v) is 16.2. The van der Waals surface area contributed by atoms with E-state index in [0.717, 1.165) is 17.7 Å². The predicted molar refractivity (Wildman–Crippen MR) is 101 cm³/mol. The summed E-state index contributed by atoms with van der Waals surface area (Å²) in [6.45, 7) is 6.69. The van der Waals surface area contributed by atoms with E-state index >= 15 is 0 Å². The summed E-state index contributed by atoms with van der Waals surface area (Å²) in [6.07, 6.45) is 2.43. The van der Waals surface area contributed by atoms with Crippen molar-refractivity contribution in [1.82, 2.24) is 15.4 Å². The lowest BCUT2D eigenvalue weighted by Crippen LogP contribution is -2.61. The first-order chi connectivity index (χ1) is 12.5. The molecule has 0 radical (unpaired) electrons. The summed E-state index contributed by atoms with van der Waals surface area (Å²) in [5.41, 5.74) is 0.257. The van der Waals surface area contributed by atoms with Gasteiger partial charge in [0.05, 0.1) is 4.88 Å². The van der Waals surface area contributed by atoms with Crippen LogP contribution >= 0.6 is 11.3 Å². The predicted octanol–water partition coefficient (Wildman–Crippen LogP) is 3.56. The molecule has 1 N–H and O–H groups in total. The standard InChI is InChI=1S/C19H25N3O3S/c1-4-6-13-11-22(15(9-12(2)3)18(23)20-13)19(24)14-10-16(25-21-14)17-7-5-8-26-17/h5,7-8,10,12-13,15H,4,6,9,11H2,1-3H3,(H,20,23)/t13-,15-/m0/s1. The van der Waals surface area contributed by atoms with Crippen LogP contribution in [0.4, 0.5) is 0 Å². The normalized spacial score (nSPS) is 20.5. The van der Waals surface area contributed by atoms with E-state index in [4.69, 9.17) is 4.52 Å². The molecule has 3 heterocycles. The van der Waals surface area contributed by atoms with Gasteiger partial charge >= 0.3 is 0 Å². The van der Waals surface area contributed by atoms with Crippen molar-refractivity contribution >= 4 is 23.2 Å². The summed E-state index contributed by atoms with van der Waals surface area (Å²) in [5, 5.41) is 8.97. The van der Waals surface area contributed by atoms with E-state index in [1.54, 1.807) is 11.0 Å². The molecule has 2 atom stereocenters. The number of rotatable bonds is 6. The van der Waals surface area contributed by atoms with Gasteiger partial charge in [-0.25, -0.2) is 0 Å². The Kier molecular flexibility index (Phi) is 5.76. The number of nitrogens with one attached hydrogen (secondary N) is 1. The highest BCUT2D eigenvalue weighted by Crippen LogP contribution is 2.27. The number of amides is 2. The summed E-state index contributed by atoms with van der Waals surface area (Å²) in [6, 6.07) is 5.04. The van der Waals surface area contributed by atoms with Gasteiger partial charge in [0, 0.05) is 18.7 Å². The second kappa shape index (κ2) is 8.03. The molecule has 0 spiro atoms. The van der Waals surface area contributed by atoms with Crippen molar-refractivity contribution in [2.24, 2.45) is 5.92 Å². The smallest absolute Gasteiger partial charge is 0.276 e. The molecule has 26 heavy (non-hydrogen) atoms. The maximum atomic E-state index is 13.1. The lowest BCUT2D eigenvalue weighted by Gasteiger charge is -2.39. The van der Waals surface area contributed by atoms with E-state index in [9.17, 15) is 9.59 Å². The van der Waals surface area contributed by atoms with Gasteiger partial charge in [-0.2, -0.15) is 0 Å². The fraction of sp³-hybridized carbons (Fsp3) is 0.526. The van der Waals surface area contributed by atoms with Crippen LogP contribution in [0.1, 0.15) is 50.5 Å². The van der Waals surface area contributed by atoms with Crippen LogP contribution in [-0.2, 0) is 4.79 Å². The molecule has 1 aliphatic heterocycles. The van der Waals surface area contributed by atoms with Crippen LogP contribution in [0.5, 0.6) is 0 Å². The molecule has 1 saturated heterocycles. The van der Waals surface area contributed by atoms with E-state index in [2.05, 4.69) is 31.2 Å². The van der Waals surface area contributed by atoms with Crippen molar-refractivity contribution in [3.8, 4) is 10.6 Å². The van der Waals surface area contributed by atoms with Crippen LogP contribution in [-0.4, -0.2) is 40.5 Å². The fourth-order valence-corrected chi connectivity index (χ4v) is 4.00. The molecule has 2 aromatic heterocycles. The quantitative estimate of drug-likeness (QED) is 0.838. The van der Waals surface area contributed by atoms with Gasteiger partial charge in [0.1, 0.15) is 6.04 Å². The number of carbonyl (C=O) groups is 2. The third kappa shape index (κ3) is 3.98. The zero-order valence-electron chi connectivity index (χ0n) is 15.4. The number of aromatic nitrogens is 1. The van der Waals surface area contributed by atoms with Gasteiger partial charge in [-0.15, -0.1) is 11.3 Å². The van der Waals surface area contributed by atoms with Crippen LogP contribution < -0.4 is 5.32 Å². The van der Waals surface area contributed by atoms with Crippen LogP contribution in [0.2, 0.25) is 0 Å². The van der Waals surface area contributed by atoms with Crippen LogP contribution in [0.15, 0.2) is 28.1 Å². The zero-order chi connectivity index (χ0) is 18.7. The first-order valence-electron chi connectivity index (χ1n) is 9.11. The number of hydrogen-bond acceptors (Lipinski definition) is 5. The van der Waals surface area contributed by atoms with Gasteiger partial charge in [-0.3, -0.25) is 9.59 Å². The van der Waals surface area contributed by atoms with Crippen molar-refractivity contribution in [3.05, 3.63) is 29.3 Å². The molecule has 0 aromatic carbocycles. The number of hydrogen-bond donors (Lipinski definition) is 1. The fourth-order valence-electron chi connectivity index (χ4n) is 3.32. The van der Waals surface area contributed by atoms with Crippen molar-refractivity contribution < 1.29 is 14.1 Å². The third-order valence-corrected chi connectivity index (χ3v) is 5.41. The highest BCUT2D eigenvalue weighted by Gasteiger charge is 2.38. The lowest BCUT2D eigenvalue weighted by atomic mass is 9.96. The molecule has 140 valence electrons. The molecule has 6 nitrogen and oxygen atoms in total. The maximum Gasteiger partial charge on any atom is 0.276 e. The van der Waals surface area contributed by atoms with Gasteiger partial charge in [0.2, 0.25) is 5.91 Å². The monoisotopic (exact) mass is 375 g/mol. The largest absolute Gasteiger partial charge is 0.355 e. The van der Waals surface area contributed by atoms with Crippen molar-refractivity contribution in [3.63, 3.8) is 0 Å². The SMILES string of the molecule is CCC[C@H]1CN(C(=O)c2cc(-c3cccs3)on2)[C@@H](CC(C)C)C(=O)N1. The van der Waals surface area contributed by atoms with Gasteiger partial charge in [0.25, 0.3) is 5.91 Å². The Morgan fingerprint density at radius 1 is 1.50 bits per heavy atom. The first kappa shape index (κ1) is 18.6. The Bertz CT molecular complexity index is 754. The minimum atomic E-state index is -0.461. The molecular weight excluding hydrogens is 350 g/mol. The summed E-state index contributed by atoms with van der Waals surface area (Å²) in [7, 11) is 0. The third-order valence-electron chi connectivity index (χ3n) is 4.53. The molecular formula is C19H25N3O3S. The molecule has 0 unspecified atom stereocenters. The average molecular weight is 375 g/mol. The maximum absolute atomic E-state index is 13.1. The molecule has 3 rings (SSSR count). The lowest BCUT2D eigenvalue weighted by molar-refractivity contribution is -0.130. The second-order valence-electron chi connectivity index (χ2n) is 7.15. The Morgan fingerprint density at radius 2 is 2.31 bits per heavy atom. The molecule has 2 aromatic rings. The second-order valence-corrected chi connectivity index (χ2v) is 8.10.